The van der Waals surface area contributed by atoms with Gasteiger partial charge in [0, 0.05) is 0 Å². The molecular formula is C11H14O3. The van der Waals surface area contributed by atoms with Gasteiger partial charge in [0.1, 0.15) is 16.9 Å². The second-order valence-corrected chi connectivity index (χ2v) is 4.68. The van der Waals surface area contributed by atoms with Crippen molar-refractivity contribution in [1.29, 1.82) is 0 Å². The maximum absolute atomic E-state index is 11.2. The van der Waals surface area contributed by atoms with Crippen LogP contribution in [0.15, 0.2) is 16.5 Å². The van der Waals surface area contributed by atoms with Crippen molar-refractivity contribution in [3.05, 3.63) is 23.7 Å². The molecule has 14 heavy (non-hydrogen) atoms. The first kappa shape index (κ1) is 9.31. The van der Waals surface area contributed by atoms with Crippen molar-refractivity contribution in [3.8, 4) is 0 Å². The van der Waals surface area contributed by atoms with E-state index < -0.39 is 11.4 Å². The fourth-order valence-corrected chi connectivity index (χ4v) is 2.17. The minimum Gasteiger partial charge on any atom is -0.480 e. The van der Waals surface area contributed by atoms with Gasteiger partial charge in [0.05, 0.1) is 0 Å². The summed E-state index contributed by atoms with van der Waals surface area (Å²) in [6, 6.07) is 3.59. The van der Waals surface area contributed by atoms with Gasteiger partial charge in [-0.25, -0.2) is 0 Å². The molecule has 1 aromatic heterocycles. The third kappa shape index (κ3) is 0.953. The highest BCUT2D eigenvalue weighted by molar-refractivity contribution is 5.86. The van der Waals surface area contributed by atoms with Crippen molar-refractivity contribution in [2.75, 3.05) is 0 Å². The quantitative estimate of drug-likeness (QED) is 0.786. The third-order valence-corrected chi connectivity index (χ3v) is 3.26. The highest BCUT2D eigenvalue weighted by Gasteiger charge is 2.69. The van der Waals surface area contributed by atoms with Gasteiger partial charge in [-0.2, -0.15) is 0 Å². The molecule has 76 valence electrons. The van der Waals surface area contributed by atoms with Gasteiger partial charge < -0.3 is 9.52 Å². The molecule has 0 amide bonds. The van der Waals surface area contributed by atoms with E-state index in [0.717, 1.165) is 5.76 Å². The van der Waals surface area contributed by atoms with Crippen molar-refractivity contribution in [2.24, 2.45) is 5.41 Å². The zero-order valence-electron chi connectivity index (χ0n) is 8.63. The molecule has 0 spiro atoms. The number of carboxylic acids is 1. The van der Waals surface area contributed by atoms with E-state index in [0.29, 0.717) is 12.2 Å². The Morgan fingerprint density at radius 2 is 2.07 bits per heavy atom. The molecule has 0 radical (unpaired) electrons. The van der Waals surface area contributed by atoms with Gasteiger partial charge >= 0.3 is 5.97 Å². The Labute approximate surface area is 82.7 Å². The summed E-state index contributed by atoms with van der Waals surface area (Å²) in [5, 5.41) is 9.24. The molecular weight excluding hydrogens is 180 g/mol. The Hall–Kier alpha value is -1.25. The standard InChI is InChI=1S/C11H14O3/c1-7-4-5-8(14-7)11(9(12)13)6-10(11,2)3/h4-5H,6H2,1-3H3,(H,12,13). The first-order chi connectivity index (χ1) is 6.40. The van der Waals surface area contributed by atoms with Crippen LogP contribution in [-0.4, -0.2) is 11.1 Å². The Balaban J connectivity index is 2.46. The lowest BCUT2D eigenvalue weighted by Gasteiger charge is -2.12. The van der Waals surface area contributed by atoms with Crippen LogP contribution in [0.2, 0.25) is 0 Å². The van der Waals surface area contributed by atoms with Crippen molar-refractivity contribution >= 4 is 5.97 Å². The predicted molar refractivity (Wildman–Crippen MR) is 51.2 cm³/mol. The summed E-state index contributed by atoms with van der Waals surface area (Å²) in [7, 11) is 0. The fraction of sp³-hybridized carbons (Fsp3) is 0.545. The second kappa shape index (κ2) is 2.41. The zero-order chi connectivity index (χ0) is 10.6. The molecule has 1 saturated carbocycles. The molecule has 0 bridgehead atoms. The van der Waals surface area contributed by atoms with E-state index in [2.05, 4.69) is 0 Å². The molecule has 0 aliphatic heterocycles. The Bertz CT molecular complexity index is 389. The molecule has 1 aliphatic rings. The average molecular weight is 194 g/mol. The first-order valence-electron chi connectivity index (χ1n) is 4.70. The van der Waals surface area contributed by atoms with E-state index in [-0.39, 0.29) is 5.41 Å². The van der Waals surface area contributed by atoms with Crippen LogP contribution in [0.1, 0.15) is 31.8 Å². The average Bonchev–Trinajstić information content (AvgIpc) is 2.44. The second-order valence-electron chi connectivity index (χ2n) is 4.68. The fourth-order valence-electron chi connectivity index (χ4n) is 2.17. The lowest BCUT2D eigenvalue weighted by atomic mass is 9.93. The van der Waals surface area contributed by atoms with Crippen molar-refractivity contribution in [2.45, 2.75) is 32.6 Å². The van der Waals surface area contributed by atoms with Gasteiger partial charge in [-0.1, -0.05) is 13.8 Å². The summed E-state index contributed by atoms with van der Waals surface area (Å²) in [5.74, 6) is 0.577. The summed E-state index contributed by atoms with van der Waals surface area (Å²) >= 11 is 0. The highest BCUT2D eigenvalue weighted by Crippen LogP contribution is 2.64. The van der Waals surface area contributed by atoms with Crippen LogP contribution in [0.3, 0.4) is 0 Å². The van der Waals surface area contributed by atoms with Crippen LogP contribution in [0.4, 0.5) is 0 Å². The number of carbonyl (C=O) groups is 1. The lowest BCUT2D eigenvalue weighted by molar-refractivity contribution is -0.141. The summed E-state index contributed by atoms with van der Waals surface area (Å²) in [6.45, 7) is 5.74. The summed E-state index contributed by atoms with van der Waals surface area (Å²) in [4.78, 5) is 11.2. The first-order valence-corrected chi connectivity index (χ1v) is 4.70. The zero-order valence-corrected chi connectivity index (χ0v) is 8.63. The molecule has 1 atom stereocenters. The van der Waals surface area contributed by atoms with Crippen molar-refractivity contribution in [3.63, 3.8) is 0 Å². The van der Waals surface area contributed by atoms with Crippen LogP contribution in [0.25, 0.3) is 0 Å². The predicted octanol–water partition coefficient (Wildman–Crippen LogP) is 2.34. The molecule has 1 N–H and O–H groups in total. The number of carboxylic acid groups (broad SMARTS) is 1. The van der Waals surface area contributed by atoms with Crippen LogP contribution in [0, 0.1) is 12.3 Å². The molecule has 1 fully saturated rings. The van der Waals surface area contributed by atoms with Gasteiger partial charge in [-0.15, -0.1) is 0 Å². The van der Waals surface area contributed by atoms with Crippen molar-refractivity contribution < 1.29 is 14.3 Å². The van der Waals surface area contributed by atoms with Crippen LogP contribution in [0.5, 0.6) is 0 Å². The molecule has 0 aromatic carbocycles. The molecule has 2 rings (SSSR count). The van der Waals surface area contributed by atoms with Gasteiger partial charge in [0.25, 0.3) is 0 Å². The van der Waals surface area contributed by atoms with Crippen molar-refractivity contribution in [1.82, 2.24) is 0 Å². The molecule has 0 saturated heterocycles. The summed E-state index contributed by atoms with van der Waals surface area (Å²) in [5.41, 5.74) is -0.982. The van der Waals surface area contributed by atoms with E-state index in [1.807, 2.05) is 26.8 Å². The summed E-state index contributed by atoms with van der Waals surface area (Å²) < 4.78 is 5.43. The normalized spacial score (nSPS) is 28.8. The maximum Gasteiger partial charge on any atom is 0.317 e. The largest absolute Gasteiger partial charge is 0.480 e. The van der Waals surface area contributed by atoms with Crippen LogP contribution < -0.4 is 0 Å². The number of aryl methyl sites for hydroxylation is 1. The number of hydrogen-bond donors (Lipinski definition) is 1. The minimum atomic E-state index is -0.790. The molecule has 1 aromatic rings. The Kier molecular flexibility index (Phi) is 1.60. The molecule has 1 aliphatic carbocycles. The van der Waals surface area contributed by atoms with Gasteiger partial charge in [0.15, 0.2) is 0 Å². The molecule has 3 heteroatoms. The maximum atomic E-state index is 11.2. The van der Waals surface area contributed by atoms with Crippen LogP contribution in [-0.2, 0) is 10.2 Å². The number of hydrogen-bond acceptors (Lipinski definition) is 2. The summed E-state index contributed by atoms with van der Waals surface area (Å²) in [6.07, 6.45) is 0.655. The minimum absolute atomic E-state index is 0.191. The van der Waals surface area contributed by atoms with Gasteiger partial charge in [-0.05, 0) is 30.9 Å². The number of rotatable bonds is 2. The number of aliphatic carboxylic acids is 1. The molecule has 1 unspecified atom stereocenters. The van der Waals surface area contributed by atoms with E-state index >= 15 is 0 Å². The lowest BCUT2D eigenvalue weighted by Crippen LogP contribution is -2.24. The van der Waals surface area contributed by atoms with Gasteiger partial charge in [0.2, 0.25) is 0 Å². The van der Waals surface area contributed by atoms with E-state index in [1.165, 1.54) is 0 Å². The monoisotopic (exact) mass is 194 g/mol. The van der Waals surface area contributed by atoms with E-state index in [9.17, 15) is 9.90 Å². The van der Waals surface area contributed by atoms with Crippen LogP contribution >= 0.6 is 0 Å². The molecule has 1 heterocycles. The van der Waals surface area contributed by atoms with E-state index in [1.54, 1.807) is 6.07 Å². The SMILES string of the molecule is Cc1ccc(C2(C(=O)O)CC2(C)C)o1. The Morgan fingerprint density at radius 1 is 1.50 bits per heavy atom. The highest BCUT2D eigenvalue weighted by atomic mass is 16.4. The molecule has 3 nitrogen and oxygen atoms in total. The third-order valence-electron chi connectivity index (χ3n) is 3.26. The topological polar surface area (TPSA) is 50.4 Å². The smallest absolute Gasteiger partial charge is 0.317 e. The number of furan rings is 1. The van der Waals surface area contributed by atoms with E-state index in [4.69, 9.17) is 4.42 Å². The Morgan fingerprint density at radius 3 is 2.36 bits per heavy atom. The van der Waals surface area contributed by atoms with Gasteiger partial charge in [-0.3, -0.25) is 4.79 Å².